The van der Waals surface area contributed by atoms with Crippen molar-refractivity contribution in [3.8, 4) is 45.5 Å². The predicted molar refractivity (Wildman–Crippen MR) is 267 cm³/mol. The highest BCUT2D eigenvalue weighted by Gasteiger charge is 2.24. The molecule has 0 fully saturated rings. The van der Waals surface area contributed by atoms with E-state index in [2.05, 4.69) is 203 Å². The Labute approximate surface area is 371 Å². The van der Waals surface area contributed by atoms with Crippen LogP contribution in [0.3, 0.4) is 0 Å². The number of hydrogen-bond acceptors (Lipinski definition) is 4. The van der Waals surface area contributed by atoms with Gasteiger partial charge >= 0.3 is 0 Å². The highest BCUT2D eigenvalue weighted by atomic mass is 16.3. The molecule has 6 nitrogen and oxygen atoms in total. The number of benzene rings is 10. The van der Waals surface area contributed by atoms with Crippen molar-refractivity contribution in [2.45, 2.75) is 0 Å². The molecule has 0 aliphatic carbocycles. The van der Waals surface area contributed by atoms with E-state index >= 15 is 0 Å². The first kappa shape index (κ1) is 35.7. The van der Waals surface area contributed by atoms with Crippen molar-refractivity contribution >= 4 is 87.1 Å². The van der Waals surface area contributed by atoms with E-state index in [9.17, 15) is 0 Å². The zero-order valence-corrected chi connectivity index (χ0v) is 34.9. The number of nitrogens with zero attached hydrogens (tertiary/aromatic N) is 5. The molecule has 6 heteroatoms. The Kier molecular flexibility index (Phi) is 7.59. The van der Waals surface area contributed by atoms with Gasteiger partial charge in [-0.05, 0) is 87.3 Å². The van der Waals surface area contributed by atoms with Crippen molar-refractivity contribution in [3.63, 3.8) is 0 Å². The smallest absolute Gasteiger partial charge is 0.238 e. The average Bonchev–Trinajstić information content (AvgIpc) is 4.03. The predicted octanol–water partition coefficient (Wildman–Crippen LogP) is 15.3. The summed E-state index contributed by atoms with van der Waals surface area (Å²) in [4.78, 5) is 16.0. The molecular formula is C59H35N5O. The lowest BCUT2D eigenvalue weighted by molar-refractivity contribution is 0.669. The molecular weight excluding hydrogens is 795 g/mol. The molecule has 0 aliphatic rings. The number of hydrogen-bond donors (Lipinski definition) is 0. The molecule has 0 bridgehead atoms. The quantitative estimate of drug-likeness (QED) is 0.173. The second kappa shape index (κ2) is 13.8. The van der Waals surface area contributed by atoms with Crippen LogP contribution in [0.15, 0.2) is 217 Å². The second-order valence-corrected chi connectivity index (χ2v) is 16.8. The van der Waals surface area contributed by atoms with Crippen LogP contribution in [0.25, 0.3) is 133 Å². The lowest BCUT2D eigenvalue weighted by Crippen LogP contribution is -2.06. The summed E-state index contributed by atoms with van der Waals surface area (Å²) >= 11 is 0. The summed E-state index contributed by atoms with van der Waals surface area (Å²) in [5, 5.41) is 11.5. The van der Waals surface area contributed by atoms with Gasteiger partial charge < -0.3 is 8.98 Å². The molecule has 0 N–H and O–H groups in total. The number of fused-ring (bicyclic) bond motifs is 11. The number of rotatable bonds is 5. The maximum Gasteiger partial charge on any atom is 0.238 e. The maximum atomic E-state index is 7.00. The molecule has 10 aromatic carbocycles. The number of furan rings is 1. The molecule has 65 heavy (non-hydrogen) atoms. The second-order valence-electron chi connectivity index (χ2n) is 16.8. The van der Waals surface area contributed by atoms with Gasteiger partial charge in [-0.1, -0.05) is 158 Å². The third-order valence-electron chi connectivity index (χ3n) is 13.1. The summed E-state index contributed by atoms with van der Waals surface area (Å²) in [7, 11) is 0. The van der Waals surface area contributed by atoms with Gasteiger partial charge in [0.15, 0.2) is 11.6 Å². The van der Waals surface area contributed by atoms with E-state index in [0.29, 0.717) is 23.2 Å². The van der Waals surface area contributed by atoms with E-state index in [1.165, 1.54) is 32.3 Å². The Morgan fingerprint density at radius 1 is 0.338 bits per heavy atom. The average molecular weight is 830 g/mol. The van der Waals surface area contributed by atoms with E-state index in [-0.39, 0.29) is 0 Å². The van der Waals surface area contributed by atoms with Crippen molar-refractivity contribution in [1.82, 2.24) is 24.1 Å². The van der Waals surface area contributed by atoms with Crippen LogP contribution in [0.5, 0.6) is 0 Å². The van der Waals surface area contributed by atoms with Crippen molar-refractivity contribution in [2.24, 2.45) is 0 Å². The minimum Gasteiger partial charge on any atom is -0.455 e. The molecule has 0 amide bonds. The first-order valence-corrected chi connectivity index (χ1v) is 21.9. The summed E-state index contributed by atoms with van der Waals surface area (Å²) in [6.07, 6.45) is 0. The van der Waals surface area contributed by atoms with Gasteiger partial charge in [-0.25, -0.2) is 4.98 Å². The van der Waals surface area contributed by atoms with Crippen LogP contribution in [-0.2, 0) is 0 Å². The van der Waals surface area contributed by atoms with Gasteiger partial charge in [0.05, 0.1) is 38.7 Å². The Balaban J connectivity index is 1.06. The monoisotopic (exact) mass is 829 g/mol. The molecule has 0 unspecified atom stereocenters. The number of para-hydroxylation sites is 3. The summed E-state index contributed by atoms with van der Waals surface area (Å²) in [5.74, 6) is 1.62. The third kappa shape index (κ3) is 5.44. The molecule has 0 spiro atoms. The van der Waals surface area contributed by atoms with Gasteiger partial charge in [0.25, 0.3) is 0 Å². The Hall–Kier alpha value is -8.87. The third-order valence-corrected chi connectivity index (χ3v) is 13.1. The maximum absolute atomic E-state index is 7.00. The normalized spacial score (nSPS) is 12.0. The summed E-state index contributed by atoms with van der Waals surface area (Å²) < 4.78 is 11.6. The Morgan fingerprint density at radius 2 is 0.846 bits per heavy atom. The molecule has 4 aromatic heterocycles. The summed E-state index contributed by atoms with van der Waals surface area (Å²) in [5.41, 5.74) is 10.8. The molecule has 302 valence electrons. The first-order chi connectivity index (χ1) is 32.2. The first-order valence-electron chi connectivity index (χ1n) is 21.9. The zero-order valence-electron chi connectivity index (χ0n) is 34.9. The summed E-state index contributed by atoms with van der Waals surface area (Å²) in [6.45, 7) is 0. The van der Waals surface area contributed by atoms with Gasteiger partial charge in [-0.15, -0.1) is 0 Å². The lowest BCUT2D eigenvalue weighted by atomic mass is 10.0. The molecule has 14 aromatic rings. The van der Waals surface area contributed by atoms with Gasteiger partial charge in [-0.2, -0.15) is 9.97 Å². The molecule has 14 rings (SSSR count). The fourth-order valence-corrected chi connectivity index (χ4v) is 10.1. The minimum atomic E-state index is 0.522. The Bertz CT molecular complexity index is 4090. The molecule has 0 saturated heterocycles. The van der Waals surface area contributed by atoms with Crippen LogP contribution in [0.1, 0.15) is 0 Å². The molecule has 0 saturated carbocycles. The van der Waals surface area contributed by atoms with Crippen LogP contribution < -0.4 is 0 Å². The summed E-state index contributed by atoms with van der Waals surface area (Å²) in [6, 6.07) is 75.1. The van der Waals surface area contributed by atoms with Crippen LogP contribution in [0, 0.1) is 0 Å². The molecule has 0 aliphatic heterocycles. The fraction of sp³-hybridized carbons (Fsp3) is 0. The van der Waals surface area contributed by atoms with Crippen LogP contribution in [-0.4, -0.2) is 24.1 Å². The van der Waals surface area contributed by atoms with E-state index in [1.54, 1.807) is 0 Å². The highest BCUT2D eigenvalue weighted by Crippen LogP contribution is 2.44. The standard InChI is InChI=1S/C59H35N5O/c1-2-14-36(15-3-1)37-26-28-38(29-27-37)57-60-58(62-59(61-57)64-49-23-11-8-20-43(49)44-21-9-12-24-50(44)64)46-30-31-51(55-45-22-10-13-25-54(45)65-56(46)55)63-52-34-41-18-6-4-16-39(41)32-47(52)48-33-40-17-5-7-19-42(40)35-53(48)63/h1-35H. The zero-order chi connectivity index (χ0) is 42.6. The Morgan fingerprint density at radius 3 is 1.49 bits per heavy atom. The van der Waals surface area contributed by atoms with E-state index in [4.69, 9.17) is 19.4 Å². The molecule has 0 atom stereocenters. The van der Waals surface area contributed by atoms with Crippen LogP contribution >= 0.6 is 0 Å². The molecule has 4 heterocycles. The van der Waals surface area contributed by atoms with Gasteiger partial charge in [0, 0.05) is 32.5 Å². The van der Waals surface area contributed by atoms with Crippen LogP contribution in [0.2, 0.25) is 0 Å². The van der Waals surface area contributed by atoms with E-state index in [1.807, 2.05) is 18.2 Å². The largest absolute Gasteiger partial charge is 0.455 e. The van der Waals surface area contributed by atoms with Crippen molar-refractivity contribution in [3.05, 3.63) is 212 Å². The molecule has 0 radical (unpaired) electrons. The number of aromatic nitrogens is 5. The van der Waals surface area contributed by atoms with E-state index < -0.39 is 0 Å². The van der Waals surface area contributed by atoms with Gasteiger partial charge in [0.2, 0.25) is 5.95 Å². The topological polar surface area (TPSA) is 61.7 Å². The fourth-order valence-electron chi connectivity index (χ4n) is 10.1. The van der Waals surface area contributed by atoms with Crippen LogP contribution in [0.4, 0.5) is 0 Å². The van der Waals surface area contributed by atoms with Crippen molar-refractivity contribution < 1.29 is 4.42 Å². The van der Waals surface area contributed by atoms with Crippen molar-refractivity contribution in [2.75, 3.05) is 0 Å². The minimum absolute atomic E-state index is 0.522. The van der Waals surface area contributed by atoms with Crippen molar-refractivity contribution in [1.29, 1.82) is 0 Å². The van der Waals surface area contributed by atoms with Gasteiger partial charge in [-0.3, -0.25) is 4.57 Å². The highest BCUT2D eigenvalue weighted by molar-refractivity contribution is 6.20. The lowest BCUT2D eigenvalue weighted by Gasteiger charge is -2.14. The SMILES string of the molecule is c1ccc(-c2ccc(-c3nc(-c4ccc(-n5c6cc7ccccc7cc6c6cc7ccccc7cc65)c5c4oc4ccccc45)nc(-n4c5ccccc5c5ccccc54)n3)cc2)cc1. The van der Waals surface area contributed by atoms with E-state index in [0.717, 1.165) is 77.1 Å². The van der Waals surface area contributed by atoms with Gasteiger partial charge in [0.1, 0.15) is 11.2 Å².